The molecule has 0 amide bonds. The van der Waals surface area contributed by atoms with Gasteiger partial charge in [-0.2, -0.15) is 0 Å². The molecule has 1 aromatic carbocycles. The molecule has 1 unspecified atom stereocenters. The van der Waals surface area contributed by atoms with Gasteiger partial charge in [-0.3, -0.25) is 10.1 Å². The molecular weight excluding hydrogens is 220 g/mol. The monoisotopic (exact) mass is 238 g/mol. The molecule has 1 saturated heterocycles. The number of non-ortho nitro benzene ring substituents is 1. The van der Waals surface area contributed by atoms with Crippen LogP contribution < -0.4 is 4.90 Å². The standard InChI is InChI=1S/C11H14N2O2.CH4O/c1-9-3-2-8-12(9)10-4-6-11(7-5-10)13(14)15;1-2/h4-7,9H,2-3,8H2,1H3;2H,1H3. The quantitative estimate of drug-likeness (QED) is 0.633. The van der Waals surface area contributed by atoms with Crippen LogP contribution in [0.3, 0.4) is 0 Å². The van der Waals surface area contributed by atoms with Gasteiger partial charge in [0.1, 0.15) is 0 Å². The lowest BCUT2D eigenvalue weighted by molar-refractivity contribution is -0.384. The molecule has 1 N–H and O–H groups in total. The van der Waals surface area contributed by atoms with E-state index in [0.717, 1.165) is 19.3 Å². The van der Waals surface area contributed by atoms with Gasteiger partial charge in [0, 0.05) is 37.5 Å². The number of nitro groups is 1. The van der Waals surface area contributed by atoms with E-state index in [1.54, 1.807) is 12.1 Å². The number of anilines is 1. The van der Waals surface area contributed by atoms with Crippen LogP contribution in [0.4, 0.5) is 11.4 Å². The zero-order valence-corrected chi connectivity index (χ0v) is 10.2. The van der Waals surface area contributed by atoms with Crippen LogP contribution in [0, 0.1) is 10.1 Å². The summed E-state index contributed by atoms with van der Waals surface area (Å²) in [6.45, 7) is 3.24. The van der Waals surface area contributed by atoms with Crippen molar-refractivity contribution in [3.05, 3.63) is 34.4 Å². The molecule has 0 radical (unpaired) electrons. The number of rotatable bonds is 2. The molecule has 1 aliphatic heterocycles. The summed E-state index contributed by atoms with van der Waals surface area (Å²) in [6, 6.07) is 7.35. The molecule has 17 heavy (non-hydrogen) atoms. The maximum atomic E-state index is 10.5. The van der Waals surface area contributed by atoms with Crippen molar-refractivity contribution in [3.63, 3.8) is 0 Å². The highest BCUT2D eigenvalue weighted by atomic mass is 16.6. The normalized spacial score (nSPS) is 18.5. The van der Waals surface area contributed by atoms with Crippen LogP contribution in [-0.4, -0.2) is 29.7 Å². The van der Waals surface area contributed by atoms with Crippen molar-refractivity contribution >= 4 is 11.4 Å². The van der Waals surface area contributed by atoms with E-state index in [2.05, 4.69) is 11.8 Å². The fraction of sp³-hybridized carbons (Fsp3) is 0.500. The van der Waals surface area contributed by atoms with Crippen LogP contribution in [-0.2, 0) is 0 Å². The number of hydrogen-bond acceptors (Lipinski definition) is 4. The number of aliphatic hydroxyl groups is 1. The topological polar surface area (TPSA) is 66.6 Å². The third-order valence-electron chi connectivity index (χ3n) is 2.95. The van der Waals surface area contributed by atoms with Crippen molar-refractivity contribution in [2.45, 2.75) is 25.8 Å². The summed E-state index contributed by atoms with van der Waals surface area (Å²) in [5.74, 6) is 0. The molecule has 1 heterocycles. The highest BCUT2D eigenvalue weighted by Crippen LogP contribution is 2.26. The smallest absolute Gasteiger partial charge is 0.269 e. The Balaban J connectivity index is 0.000000686. The summed E-state index contributed by atoms with van der Waals surface area (Å²) in [7, 11) is 1.00. The van der Waals surface area contributed by atoms with E-state index in [-0.39, 0.29) is 10.6 Å². The second-order valence-electron chi connectivity index (χ2n) is 3.96. The second kappa shape index (κ2) is 6.20. The van der Waals surface area contributed by atoms with E-state index >= 15 is 0 Å². The molecule has 94 valence electrons. The van der Waals surface area contributed by atoms with Gasteiger partial charge >= 0.3 is 0 Å². The lowest BCUT2D eigenvalue weighted by atomic mass is 10.2. The highest BCUT2D eigenvalue weighted by Gasteiger charge is 2.20. The van der Waals surface area contributed by atoms with E-state index in [1.807, 2.05) is 12.1 Å². The third-order valence-corrected chi connectivity index (χ3v) is 2.95. The molecule has 0 bridgehead atoms. The fourth-order valence-electron chi connectivity index (χ4n) is 2.08. The Labute approximate surface area is 101 Å². The van der Waals surface area contributed by atoms with Gasteiger partial charge in [0.25, 0.3) is 5.69 Å². The Hall–Kier alpha value is -1.62. The van der Waals surface area contributed by atoms with Crippen molar-refractivity contribution in [1.29, 1.82) is 0 Å². The Morgan fingerprint density at radius 3 is 2.35 bits per heavy atom. The van der Waals surface area contributed by atoms with Crippen LogP contribution in [0.5, 0.6) is 0 Å². The van der Waals surface area contributed by atoms with Crippen LogP contribution in [0.25, 0.3) is 0 Å². The number of benzene rings is 1. The van der Waals surface area contributed by atoms with Gasteiger partial charge in [-0.05, 0) is 31.9 Å². The maximum absolute atomic E-state index is 10.5. The van der Waals surface area contributed by atoms with Gasteiger partial charge in [-0.1, -0.05) is 0 Å². The lowest BCUT2D eigenvalue weighted by Crippen LogP contribution is -2.25. The molecule has 1 aliphatic rings. The van der Waals surface area contributed by atoms with Gasteiger partial charge in [0.2, 0.25) is 0 Å². The van der Waals surface area contributed by atoms with Crippen LogP contribution >= 0.6 is 0 Å². The Bertz CT molecular complexity index is 365. The number of nitro benzene ring substituents is 1. The summed E-state index contributed by atoms with van der Waals surface area (Å²) >= 11 is 0. The number of hydrogen-bond donors (Lipinski definition) is 1. The molecule has 0 spiro atoms. The van der Waals surface area contributed by atoms with Gasteiger partial charge in [-0.25, -0.2) is 0 Å². The molecule has 0 aliphatic carbocycles. The van der Waals surface area contributed by atoms with Gasteiger partial charge in [0.05, 0.1) is 4.92 Å². The van der Waals surface area contributed by atoms with Crippen LogP contribution in [0.2, 0.25) is 0 Å². The maximum Gasteiger partial charge on any atom is 0.269 e. The lowest BCUT2D eigenvalue weighted by Gasteiger charge is -2.23. The molecule has 0 saturated carbocycles. The minimum atomic E-state index is -0.364. The SMILES string of the molecule is CC1CCCN1c1ccc([N+](=O)[O-])cc1.CO. The highest BCUT2D eigenvalue weighted by molar-refractivity contribution is 5.52. The molecule has 0 aromatic heterocycles. The molecule has 1 aromatic rings. The zero-order chi connectivity index (χ0) is 12.8. The van der Waals surface area contributed by atoms with E-state index in [4.69, 9.17) is 5.11 Å². The van der Waals surface area contributed by atoms with E-state index < -0.39 is 0 Å². The first-order valence-corrected chi connectivity index (χ1v) is 5.64. The molecule has 1 fully saturated rings. The molecule has 1 atom stereocenters. The first-order valence-electron chi connectivity index (χ1n) is 5.64. The minimum absolute atomic E-state index is 0.158. The molecule has 2 rings (SSSR count). The summed E-state index contributed by atoms with van der Waals surface area (Å²) < 4.78 is 0. The average Bonchev–Trinajstić information content (AvgIpc) is 2.78. The van der Waals surface area contributed by atoms with Crippen molar-refractivity contribution in [1.82, 2.24) is 0 Å². The summed E-state index contributed by atoms with van der Waals surface area (Å²) in [5.41, 5.74) is 1.25. The Morgan fingerprint density at radius 1 is 1.35 bits per heavy atom. The first-order chi connectivity index (χ1) is 8.18. The van der Waals surface area contributed by atoms with E-state index in [9.17, 15) is 10.1 Å². The predicted octanol–water partition coefficient (Wildman–Crippen LogP) is 2.19. The molecular formula is C12H18N2O3. The van der Waals surface area contributed by atoms with Gasteiger partial charge < -0.3 is 10.0 Å². The fourth-order valence-corrected chi connectivity index (χ4v) is 2.08. The van der Waals surface area contributed by atoms with E-state index in [1.165, 1.54) is 12.8 Å². The van der Waals surface area contributed by atoms with Crippen LogP contribution in [0.1, 0.15) is 19.8 Å². The zero-order valence-electron chi connectivity index (χ0n) is 10.2. The Kier molecular flexibility index (Phi) is 4.90. The third kappa shape index (κ3) is 3.17. The molecule has 5 nitrogen and oxygen atoms in total. The molecule has 5 heteroatoms. The van der Waals surface area contributed by atoms with E-state index in [0.29, 0.717) is 6.04 Å². The predicted molar refractivity (Wildman–Crippen MR) is 67.3 cm³/mol. The minimum Gasteiger partial charge on any atom is -0.400 e. The van der Waals surface area contributed by atoms with Crippen molar-refractivity contribution < 1.29 is 10.0 Å². The Morgan fingerprint density at radius 2 is 1.94 bits per heavy atom. The average molecular weight is 238 g/mol. The summed E-state index contributed by atoms with van der Waals surface area (Å²) in [6.07, 6.45) is 2.41. The first kappa shape index (κ1) is 13.4. The van der Waals surface area contributed by atoms with Gasteiger partial charge in [0.15, 0.2) is 0 Å². The van der Waals surface area contributed by atoms with Crippen molar-refractivity contribution in [3.8, 4) is 0 Å². The largest absolute Gasteiger partial charge is 0.400 e. The van der Waals surface area contributed by atoms with Gasteiger partial charge in [-0.15, -0.1) is 0 Å². The summed E-state index contributed by atoms with van der Waals surface area (Å²) in [5, 5.41) is 17.5. The number of nitrogens with zero attached hydrogens (tertiary/aromatic N) is 2. The summed E-state index contributed by atoms with van der Waals surface area (Å²) in [4.78, 5) is 12.4. The van der Waals surface area contributed by atoms with Crippen molar-refractivity contribution in [2.24, 2.45) is 0 Å². The van der Waals surface area contributed by atoms with Crippen molar-refractivity contribution in [2.75, 3.05) is 18.6 Å². The van der Waals surface area contributed by atoms with Crippen LogP contribution in [0.15, 0.2) is 24.3 Å². The number of aliphatic hydroxyl groups excluding tert-OH is 1. The second-order valence-corrected chi connectivity index (χ2v) is 3.96.